The van der Waals surface area contributed by atoms with Crippen molar-refractivity contribution in [1.82, 2.24) is 9.80 Å². The number of rotatable bonds is 47. The van der Waals surface area contributed by atoms with Crippen molar-refractivity contribution >= 4 is 11.9 Å². The molecule has 0 aliphatic heterocycles. The van der Waals surface area contributed by atoms with Crippen LogP contribution in [0.3, 0.4) is 0 Å². The first-order valence-electron chi connectivity index (χ1n) is 30.8. The first kappa shape index (κ1) is 74.4. The molecule has 0 aliphatic carbocycles. The molecule has 0 aromatic rings. The molecule has 0 unspecified atom stereocenters. The van der Waals surface area contributed by atoms with Gasteiger partial charge in [-0.25, -0.2) is 0 Å². The summed E-state index contributed by atoms with van der Waals surface area (Å²) in [4.78, 5) is 25.6. The lowest BCUT2D eigenvalue weighted by Gasteiger charge is -2.22. The summed E-state index contributed by atoms with van der Waals surface area (Å²) in [5.41, 5.74) is 0. The Morgan fingerprint density at radius 3 is 0.623 bits per heavy atom. The van der Waals surface area contributed by atoms with E-state index in [1.165, 1.54) is 219 Å². The molecule has 2 N–H and O–H groups in total. The summed E-state index contributed by atoms with van der Waals surface area (Å²) in [5.74, 6) is 3.89. The molecule has 0 heterocycles. The van der Waals surface area contributed by atoms with E-state index in [1.807, 2.05) is 0 Å². The predicted octanol–water partition coefficient (Wildman–Crippen LogP) is 20.3. The van der Waals surface area contributed by atoms with E-state index in [1.54, 1.807) is 0 Å². The lowest BCUT2D eigenvalue weighted by molar-refractivity contribution is -0.138. The second-order valence-corrected chi connectivity index (χ2v) is 23.9. The highest BCUT2D eigenvalue weighted by Gasteiger charge is 2.08. The van der Waals surface area contributed by atoms with E-state index in [2.05, 4.69) is 107 Å². The van der Waals surface area contributed by atoms with Gasteiger partial charge in [0.2, 0.25) is 0 Å². The van der Waals surface area contributed by atoms with Crippen LogP contribution in [0, 0.1) is 35.5 Å². The van der Waals surface area contributed by atoms with Crippen molar-refractivity contribution in [3.8, 4) is 0 Å². The minimum absolute atomic E-state index is 0.333. The van der Waals surface area contributed by atoms with Gasteiger partial charge in [0.25, 0.3) is 0 Å². The standard InChI is InChI=1S/2C24H51N.C8H16O2.C7H14O2/c2*1-22(2)16-10-7-13-19-25(20-14-8-11-17-23(3)4)21-15-9-12-18-24(5)6;1-2-3-4-5-6-7-8(9)10;1-2-3-4-5-6-7(8)9/h2*22-24H,7-21H2,1-6H3;2-7H2,1H3,(H,9,10);2-6H2,1H3,(H,8,9). The fourth-order valence-electron chi connectivity index (χ4n) is 8.64. The summed E-state index contributed by atoms with van der Waals surface area (Å²) in [6.45, 7) is 40.5. The molecule has 0 saturated carbocycles. The molecule has 0 aromatic carbocycles. The van der Waals surface area contributed by atoms with E-state index >= 15 is 0 Å². The first-order valence-corrected chi connectivity index (χ1v) is 30.8. The SMILES string of the molecule is CC(C)CCCCCN(CCCCCC(C)C)CCCCCC(C)C.CC(C)CCCCCN(CCCCCC(C)C)CCCCCC(C)C.CCCCCCC(=O)O.CCCCCCCC(=O)O. The van der Waals surface area contributed by atoms with Crippen molar-refractivity contribution in [2.45, 2.75) is 322 Å². The van der Waals surface area contributed by atoms with Crippen molar-refractivity contribution in [3.63, 3.8) is 0 Å². The third-order valence-electron chi connectivity index (χ3n) is 13.3. The lowest BCUT2D eigenvalue weighted by Crippen LogP contribution is -2.27. The maximum Gasteiger partial charge on any atom is 0.303 e. The fourth-order valence-corrected chi connectivity index (χ4v) is 8.64. The van der Waals surface area contributed by atoms with Crippen molar-refractivity contribution in [2.24, 2.45) is 35.5 Å². The largest absolute Gasteiger partial charge is 0.481 e. The number of unbranched alkanes of at least 4 members (excludes halogenated alkanes) is 19. The molecule has 69 heavy (non-hydrogen) atoms. The zero-order valence-corrected chi connectivity index (χ0v) is 50.1. The minimum atomic E-state index is -0.675. The third kappa shape index (κ3) is 78.5. The van der Waals surface area contributed by atoms with Crippen molar-refractivity contribution in [1.29, 1.82) is 0 Å². The van der Waals surface area contributed by atoms with Crippen LogP contribution in [-0.2, 0) is 9.59 Å². The Balaban J connectivity index is -0.000000447. The van der Waals surface area contributed by atoms with E-state index in [0.717, 1.165) is 67.6 Å². The van der Waals surface area contributed by atoms with Gasteiger partial charge in [-0.15, -0.1) is 0 Å². The molecule has 0 radical (unpaired) electrons. The van der Waals surface area contributed by atoms with E-state index < -0.39 is 11.9 Å². The number of carbonyl (C=O) groups is 2. The molecular formula is C63H132N2O4. The molecule has 418 valence electrons. The van der Waals surface area contributed by atoms with Crippen LogP contribution in [0.15, 0.2) is 0 Å². The van der Waals surface area contributed by atoms with Gasteiger partial charge in [-0.2, -0.15) is 0 Å². The van der Waals surface area contributed by atoms with Crippen LogP contribution in [-0.4, -0.2) is 71.2 Å². The number of hydrogen-bond acceptors (Lipinski definition) is 4. The number of carboxylic acid groups (broad SMARTS) is 2. The lowest BCUT2D eigenvalue weighted by atomic mass is 10.0. The van der Waals surface area contributed by atoms with Crippen LogP contribution < -0.4 is 0 Å². The van der Waals surface area contributed by atoms with Crippen molar-refractivity contribution < 1.29 is 19.8 Å². The zero-order valence-electron chi connectivity index (χ0n) is 50.1. The maximum atomic E-state index is 10.0. The molecular weight excluding hydrogens is 849 g/mol. The molecule has 0 rings (SSSR count). The number of aliphatic carboxylic acids is 2. The van der Waals surface area contributed by atoms with Crippen LogP contribution in [0.2, 0.25) is 0 Å². The summed E-state index contributed by atoms with van der Waals surface area (Å²) in [6, 6.07) is 0. The third-order valence-corrected chi connectivity index (χ3v) is 13.3. The summed E-state index contributed by atoms with van der Waals surface area (Å²) in [5, 5.41) is 16.5. The highest BCUT2D eigenvalue weighted by atomic mass is 16.4. The summed E-state index contributed by atoms with van der Waals surface area (Å²) in [6.07, 6.45) is 44.4. The second kappa shape index (κ2) is 59.4. The van der Waals surface area contributed by atoms with E-state index in [-0.39, 0.29) is 0 Å². The Labute approximate surface area is 436 Å². The number of nitrogens with zero attached hydrogens (tertiary/aromatic N) is 2. The number of carboxylic acids is 2. The van der Waals surface area contributed by atoms with Gasteiger partial charge >= 0.3 is 11.9 Å². The molecule has 0 bridgehead atoms. The Hall–Kier alpha value is -1.14. The maximum absolute atomic E-state index is 10.0. The average Bonchev–Trinajstić information content (AvgIpc) is 3.26. The Bertz CT molecular complexity index is 840. The average molecular weight is 982 g/mol. The normalized spacial score (nSPS) is 11.5. The van der Waals surface area contributed by atoms with Crippen LogP contribution in [0.25, 0.3) is 0 Å². The molecule has 0 saturated heterocycles. The Kier molecular flexibility index (Phi) is 64.1. The van der Waals surface area contributed by atoms with Gasteiger partial charge in [-0.05, 0) is 126 Å². The molecule has 0 aliphatic rings. The smallest absolute Gasteiger partial charge is 0.303 e. The molecule has 0 fully saturated rings. The summed E-state index contributed by atoms with van der Waals surface area (Å²) < 4.78 is 0. The van der Waals surface area contributed by atoms with Crippen LogP contribution in [0.5, 0.6) is 0 Å². The van der Waals surface area contributed by atoms with Crippen LogP contribution in [0.4, 0.5) is 0 Å². The molecule has 6 heteroatoms. The monoisotopic (exact) mass is 981 g/mol. The topological polar surface area (TPSA) is 81.1 Å². The van der Waals surface area contributed by atoms with E-state index in [0.29, 0.717) is 12.8 Å². The highest BCUT2D eigenvalue weighted by Crippen LogP contribution is 2.16. The molecule has 0 spiro atoms. The van der Waals surface area contributed by atoms with Gasteiger partial charge in [0.05, 0.1) is 0 Å². The predicted molar refractivity (Wildman–Crippen MR) is 310 cm³/mol. The molecule has 0 amide bonds. The molecule has 0 aromatic heterocycles. The minimum Gasteiger partial charge on any atom is -0.481 e. The van der Waals surface area contributed by atoms with Crippen molar-refractivity contribution in [2.75, 3.05) is 39.3 Å². The molecule has 6 nitrogen and oxygen atoms in total. The zero-order chi connectivity index (χ0) is 52.8. The van der Waals surface area contributed by atoms with Gasteiger partial charge in [0.1, 0.15) is 0 Å². The van der Waals surface area contributed by atoms with Crippen LogP contribution in [0.1, 0.15) is 322 Å². The quantitative estimate of drug-likeness (QED) is 0.0592. The van der Waals surface area contributed by atoms with Gasteiger partial charge in [0, 0.05) is 12.8 Å². The second-order valence-electron chi connectivity index (χ2n) is 23.9. The Morgan fingerprint density at radius 1 is 0.275 bits per heavy atom. The Morgan fingerprint density at radius 2 is 0.449 bits per heavy atom. The van der Waals surface area contributed by atoms with E-state index in [4.69, 9.17) is 10.2 Å². The van der Waals surface area contributed by atoms with Gasteiger partial charge in [-0.1, -0.05) is 257 Å². The first-order chi connectivity index (χ1) is 32.9. The molecule has 0 atom stereocenters. The fraction of sp³-hybridized carbons (Fsp3) is 0.968. The number of hydrogen-bond donors (Lipinski definition) is 2. The summed E-state index contributed by atoms with van der Waals surface area (Å²) in [7, 11) is 0. The highest BCUT2D eigenvalue weighted by molar-refractivity contribution is 5.66. The summed E-state index contributed by atoms with van der Waals surface area (Å²) >= 11 is 0. The van der Waals surface area contributed by atoms with Gasteiger partial charge in [0.15, 0.2) is 0 Å². The van der Waals surface area contributed by atoms with Gasteiger partial charge in [-0.3, -0.25) is 9.59 Å². The van der Waals surface area contributed by atoms with Gasteiger partial charge < -0.3 is 20.0 Å². The van der Waals surface area contributed by atoms with Crippen molar-refractivity contribution in [3.05, 3.63) is 0 Å². The van der Waals surface area contributed by atoms with E-state index in [9.17, 15) is 9.59 Å². The van der Waals surface area contributed by atoms with Crippen LogP contribution >= 0.6 is 0 Å².